The molecule has 0 unspecified atom stereocenters. The number of hydrogen-bond donors (Lipinski definition) is 0. The normalized spacial score (nSPS) is 27.9. The van der Waals surface area contributed by atoms with Crippen molar-refractivity contribution in [2.24, 2.45) is 0 Å². The maximum Gasteiger partial charge on any atom is 0.163 e. The fourth-order valence-electron chi connectivity index (χ4n) is 2.32. The third-order valence-corrected chi connectivity index (χ3v) is 3.89. The number of rotatable bonds is 3. The predicted molar refractivity (Wildman–Crippen MR) is 77.5 cm³/mol. The molecule has 0 aliphatic carbocycles. The minimum absolute atomic E-state index is 0.265. The molecular formula is C14H19IO2. The number of benzene rings is 1. The highest BCUT2D eigenvalue weighted by Crippen LogP contribution is 2.29. The Balaban J connectivity index is 2.01. The molecule has 0 amide bonds. The molecular weight excluding hydrogens is 327 g/mol. The highest BCUT2D eigenvalue weighted by Gasteiger charge is 2.34. The highest BCUT2D eigenvalue weighted by atomic mass is 127. The van der Waals surface area contributed by atoms with Crippen LogP contribution < -0.4 is 0 Å². The fourth-order valence-corrected chi connectivity index (χ4v) is 2.86. The first kappa shape index (κ1) is 13.3. The molecule has 0 N–H and O–H groups in total. The fraction of sp³-hybridized carbons (Fsp3) is 0.571. The number of hydrogen-bond acceptors (Lipinski definition) is 2. The molecule has 2 atom stereocenters. The van der Waals surface area contributed by atoms with Crippen LogP contribution in [-0.4, -0.2) is 22.4 Å². The number of alkyl halides is 1. The van der Waals surface area contributed by atoms with E-state index in [1.54, 1.807) is 0 Å². The van der Waals surface area contributed by atoms with Crippen molar-refractivity contribution in [3.8, 4) is 0 Å². The van der Waals surface area contributed by atoms with Gasteiger partial charge in [0, 0.05) is 10.8 Å². The van der Waals surface area contributed by atoms with Gasteiger partial charge in [0.1, 0.15) is 0 Å². The van der Waals surface area contributed by atoms with Crippen LogP contribution in [0.5, 0.6) is 0 Å². The summed E-state index contributed by atoms with van der Waals surface area (Å²) in [5.41, 5.74) is 1.34. The molecule has 94 valence electrons. The summed E-state index contributed by atoms with van der Waals surface area (Å²) in [5, 5.41) is 0. The molecule has 0 bridgehead atoms. The van der Waals surface area contributed by atoms with Crippen LogP contribution >= 0.6 is 22.6 Å². The van der Waals surface area contributed by atoms with Crippen molar-refractivity contribution < 1.29 is 9.47 Å². The van der Waals surface area contributed by atoms with E-state index in [1.807, 2.05) is 19.9 Å². The van der Waals surface area contributed by atoms with Crippen LogP contribution in [0.3, 0.4) is 0 Å². The maximum absolute atomic E-state index is 5.98. The van der Waals surface area contributed by atoms with Gasteiger partial charge in [0.15, 0.2) is 5.79 Å². The second-order valence-electron chi connectivity index (χ2n) is 4.96. The van der Waals surface area contributed by atoms with E-state index in [2.05, 4.69) is 46.9 Å². The van der Waals surface area contributed by atoms with Gasteiger partial charge in [-0.25, -0.2) is 0 Å². The molecule has 1 aromatic carbocycles. The lowest BCUT2D eigenvalue weighted by Gasteiger charge is -2.40. The second kappa shape index (κ2) is 5.67. The van der Waals surface area contributed by atoms with Crippen molar-refractivity contribution in [3.63, 3.8) is 0 Å². The Hall–Kier alpha value is -0.130. The summed E-state index contributed by atoms with van der Waals surface area (Å²) in [6, 6.07) is 10.5. The molecule has 1 heterocycles. The summed E-state index contributed by atoms with van der Waals surface area (Å²) < 4.78 is 12.9. The first-order chi connectivity index (χ1) is 8.09. The highest BCUT2D eigenvalue weighted by molar-refractivity contribution is 14.1. The minimum Gasteiger partial charge on any atom is -0.347 e. The zero-order chi connectivity index (χ0) is 12.3. The number of ether oxygens (including phenoxy) is 2. The molecule has 1 saturated heterocycles. The third-order valence-electron chi connectivity index (χ3n) is 2.91. The van der Waals surface area contributed by atoms with Gasteiger partial charge < -0.3 is 9.47 Å². The molecule has 3 heteroatoms. The van der Waals surface area contributed by atoms with Gasteiger partial charge in [0.25, 0.3) is 0 Å². The molecule has 0 aromatic heterocycles. The maximum atomic E-state index is 5.98. The Morgan fingerprint density at radius 3 is 2.47 bits per heavy atom. The molecule has 1 aliphatic heterocycles. The molecule has 1 fully saturated rings. The smallest absolute Gasteiger partial charge is 0.163 e. The van der Waals surface area contributed by atoms with Crippen molar-refractivity contribution in [2.75, 3.05) is 4.43 Å². The Morgan fingerprint density at radius 1 is 1.18 bits per heavy atom. The van der Waals surface area contributed by atoms with E-state index < -0.39 is 5.79 Å². The first-order valence-corrected chi connectivity index (χ1v) is 7.57. The Labute approximate surface area is 117 Å². The van der Waals surface area contributed by atoms with Gasteiger partial charge in [-0.15, -0.1) is 0 Å². The summed E-state index contributed by atoms with van der Waals surface area (Å²) in [4.78, 5) is 0. The van der Waals surface area contributed by atoms with E-state index in [9.17, 15) is 0 Å². The van der Waals surface area contributed by atoms with Gasteiger partial charge in [0.2, 0.25) is 0 Å². The van der Waals surface area contributed by atoms with Gasteiger partial charge in [-0.05, 0) is 25.8 Å². The van der Waals surface area contributed by atoms with Gasteiger partial charge in [-0.2, -0.15) is 0 Å². The van der Waals surface area contributed by atoms with Gasteiger partial charge in [0.05, 0.1) is 12.2 Å². The molecule has 1 aromatic rings. The van der Waals surface area contributed by atoms with Gasteiger partial charge >= 0.3 is 0 Å². The van der Waals surface area contributed by atoms with Crippen molar-refractivity contribution in [2.45, 2.75) is 44.7 Å². The molecule has 2 rings (SSSR count). The Bertz CT molecular complexity index is 350. The van der Waals surface area contributed by atoms with Crippen molar-refractivity contribution in [1.29, 1.82) is 0 Å². The first-order valence-electron chi connectivity index (χ1n) is 6.04. The van der Waals surface area contributed by atoms with Crippen LogP contribution in [0.15, 0.2) is 30.3 Å². The summed E-state index contributed by atoms with van der Waals surface area (Å²) in [7, 11) is 0. The average Bonchev–Trinajstić information content (AvgIpc) is 2.28. The molecule has 1 aliphatic rings. The Morgan fingerprint density at radius 2 is 1.82 bits per heavy atom. The van der Waals surface area contributed by atoms with Crippen LogP contribution in [0.2, 0.25) is 0 Å². The lowest BCUT2D eigenvalue weighted by Crippen LogP contribution is -2.45. The van der Waals surface area contributed by atoms with E-state index in [0.717, 1.165) is 17.3 Å². The van der Waals surface area contributed by atoms with Crippen LogP contribution in [0.1, 0.15) is 25.8 Å². The minimum atomic E-state index is -0.451. The predicted octanol–water partition coefficient (Wildman–Crippen LogP) is 3.57. The monoisotopic (exact) mass is 346 g/mol. The zero-order valence-corrected chi connectivity index (χ0v) is 12.5. The molecule has 0 saturated carbocycles. The van der Waals surface area contributed by atoms with Crippen LogP contribution in [-0.2, 0) is 15.9 Å². The van der Waals surface area contributed by atoms with Crippen molar-refractivity contribution in [1.82, 2.24) is 0 Å². The lowest BCUT2D eigenvalue weighted by molar-refractivity contribution is -0.293. The Kier molecular flexibility index (Phi) is 4.44. The van der Waals surface area contributed by atoms with E-state index in [0.29, 0.717) is 6.10 Å². The van der Waals surface area contributed by atoms with E-state index in [1.165, 1.54) is 5.56 Å². The summed E-state index contributed by atoms with van der Waals surface area (Å²) in [5.74, 6) is -0.451. The zero-order valence-electron chi connectivity index (χ0n) is 10.4. The summed E-state index contributed by atoms with van der Waals surface area (Å²) in [6.07, 6.45) is 2.54. The lowest BCUT2D eigenvalue weighted by atomic mass is 10.0. The van der Waals surface area contributed by atoms with Crippen molar-refractivity contribution >= 4 is 22.6 Å². The topological polar surface area (TPSA) is 18.5 Å². The quantitative estimate of drug-likeness (QED) is 0.615. The van der Waals surface area contributed by atoms with E-state index in [4.69, 9.17) is 9.47 Å². The average molecular weight is 346 g/mol. The van der Waals surface area contributed by atoms with Crippen LogP contribution in [0.4, 0.5) is 0 Å². The largest absolute Gasteiger partial charge is 0.347 e. The molecule has 17 heavy (non-hydrogen) atoms. The second-order valence-corrected chi connectivity index (χ2v) is 5.84. The van der Waals surface area contributed by atoms with Gasteiger partial charge in [-0.1, -0.05) is 52.9 Å². The summed E-state index contributed by atoms with van der Waals surface area (Å²) >= 11 is 2.38. The SMILES string of the molecule is CC1(C)O[C@@H](CI)C[C@H](Cc2ccccc2)O1. The van der Waals surface area contributed by atoms with E-state index in [-0.39, 0.29) is 6.10 Å². The van der Waals surface area contributed by atoms with Crippen molar-refractivity contribution in [3.05, 3.63) is 35.9 Å². The third kappa shape index (κ3) is 3.93. The molecule has 0 radical (unpaired) electrons. The molecule has 0 spiro atoms. The van der Waals surface area contributed by atoms with Crippen LogP contribution in [0, 0.1) is 0 Å². The van der Waals surface area contributed by atoms with Crippen LogP contribution in [0.25, 0.3) is 0 Å². The summed E-state index contributed by atoms with van der Waals surface area (Å²) in [6.45, 7) is 4.01. The van der Waals surface area contributed by atoms with E-state index >= 15 is 0 Å². The standard InChI is InChI=1S/C14H19IO2/c1-14(2)16-12(9-13(10-15)17-14)8-11-6-4-3-5-7-11/h3-7,12-13H,8-10H2,1-2H3/t12-,13+/m0/s1. The number of halogens is 1. The van der Waals surface area contributed by atoms with Gasteiger partial charge in [-0.3, -0.25) is 0 Å². The molecule has 2 nitrogen and oxygen atoms in total.